The smallest absolute Gasteiger partial charge is 0.278 e. The maximum atomic E-state index is 13.2. The summed E-state index contributed by atoms with van der Waals surface area (Å²) in [4.78, 5) is 18.6. The molecule has 2 aromatic heterocycles. The number of amides is 1. The van der Waals surface area contributed by atoms with Gasteiger partial charge in [0.1, 0.15) is 29.5 Å². The lowest BCUT2D eigenvalue weighted by molar-refractivity contribution is 0.0972. The van der Waals surface area contributed by atoms with Gasteiger partial charge in [0.05, 0.1) is 12.2 Å². The predicted molar refractivity (Wildman–Crippen MR) is 78.8 cm³/mol. The predicted octanol–water partition coefficient (Wildman–Crippen LogP) is 2.51. The molecule has 4 rings (SSSR count). The number of imidazole rings is 1. The molecule has 0 atom stereocenters. The SMILES string of the molecule is O=C(c1cn2cc(F)ccc2n1)N1CCOc2ccccc21. The Morgan fingerprint density at radius 2 is 2.05 bits per heavy atom. The summed E-state index contributed by atoms with van der Waals surface area (Å²) in [5.41, 5.74) is 1.54. The van der Waals surface area contributed by atoms with Crippen LogP contribution in [0.1, 0.15) is 10.5 Å². The van der Waals surface area contributed by atoms with Crippen LogP contribution in [0.4, 0.5) is 10.1 Å². The van der Waals surface area contributed by atoms with Crippen molar-refractivity contribution in [3.05, 3.63) is 60.3 Å². The van der Waals surface area contributed by atoms with Gasteiger partial charge in [0.2, 0.25) is 0 Å². The second-order valence-corrected chi connectivity index (χ2v) is 5.01. The molecule has 0 radical (unpaired) electrons. The molecule has 110 valence electrons. The van der Waals surface area contributed by atoms with Crippen molar-refractivity contribution in [1.82, 2.24) is 9.38 Å². The average molecular weight is 297 g/mol. The van der Waals surface area contributed by atoms with Crippen molar-refractivity contribution in [1.29, 1.82) is 0 Å². The van der Waals surface area contributed by atoms with E-state index < -0.39 is 0 Å². The molecule has 0 saturated heterocycles. The van der Waals surface area contributed by atoms with Gasteiger partial charge in [-0.15, -0.1) is 0 Å². The van der Waals surface area contributed by atoms with Crippen molar-refractivity contribution in [3.8, 4) is 5.75 Å². The Morgan fingerprint density at radius 3 is 2.95 bits per heavy atom. The number of halogens is 1. The molecule has 3 aromatic rings. The van der Waals surface area contributed by atoms with Gasteiger partial charge in [-0.05, 0) is 24.3 Å². The molecular weight excluding hydrogens is 285 g/mol. The molecule has 1 aromatic carbocycles. The number of pyridine rings is 1. The van der Waals surface area contributed by atoms with E-state index in [1.165, 1.54) is 16.7 Å². The third-order valence-corrected chi connectivity index (χ3v) is 3.61. The highest BCUT2D eigenvalue weighted by atomic mass is 19.1. The molecule has 0 N–H and O–H groups in total. The fraction of sp³-hybridized carbons (Fsp3) is 0.125. The minimum absolute atomic E-state index is 0.222. The van der Waals surface area contributed by atoms with Crippen LogP contribution in [0.25, 0.3) is 5.65 Å². The van der Waals surface area contributed by atoms with Crippen molar-refractivity contribution in [2.45, 2.75) is 0 Å². The molecule has 1 aliphatic heterocycles. The highest BCUT2D eigenvalue weighted by Gasteiger charge is 2.26. The van der Waals surface area contributed by atoms with Crippen LogP contribution in [-0.4, -0.2) is 28.4 Å². The highest BCUT2D eigenvalue weighted by Crippen LogP contribution is 2.31. The fourth-order valence-corrected chi connectivity index (χ4v) is 2.59. The number of nitrogens with zero attached hydrogens (tertiary/aromatic N) is 3. The topological polar surface area (TPSA) is 46.8 Å². The molecule has 0 unspecified atom stereocenters. The minimum Gasteiger partial charge on any atom is -0.490 e. The minimum atomic E-state index is -0.374. The average Bonchev–Trinajstić information content (AvgIpc) is 2.96. The summed E-state index contributed by atoms with van der Waals surface area (Å²) >= 11 is 0. The summed E-state index contributed by atoms with van der Waals surface area (Å²) in [6, 6.07) is 10.2. The van der Waals surface area contributed by atoms with E-state index in [1.54, 1.807) is 17.2 Å². The number of hydrogen-bond acceptors (Lipinski definition) is 3. The molecule has 6 heteroatoms. The Hall–Kier alpha value is -2.89. The summed E-state index contributed by atoms with van der Waals surface area (Å²) < 4.78 is 20.3. The summed E-state index contributed by atoms with van der Waals surface area (Å²) in [7, 11) is 0. The van der Waals surface area contributed by atoms with E-state index in [4.69, 9.17) is 4.74 Å². The number of rotatable bonds is 1. The number of carbonyl (C=O) groups excluding carboxylic acids is 1. The van der Waals surface area contributed by atoms with Gasteiger partial charge in [-0.25, -0.2) is 9.37 Å². The van der Waals surface area contributed by atoms with Gasteiger partial charge in [0.15, 0.2) is 0 Å². The second-order valence-electron chi connectivity index (χ2n) is 5.01. The van der Waals surface area contributed by atoms with E-state index >= 15 is 0 Å². The molecule has 1 amide bonds. The Bertz CT molecular complexity index is 875. The molecule has 0 spiro atoms. The molecule has 0 fully saturated rings. The lowest BCUT2D eigenvalue weighted by Crippen LogP contribution is -2.38. The van der Waals surface area contributed by atoms with Gasteiger partial charge in [0.25, 0.3) is 5.91 Å². The number of ether oxygens (including phenoxy) is 1. The number of aromatic nitrogens is 2. The van der Waals surface area contributed by atoms with E-state index in [0.717, 1.165) is 5.69 Å². The maximum Gasteiger partial charge on any atom is 0.278 e. The summed E-state index contributed by atoms with van der Waals surface area (Å²) in [5, 5.41) is 0. The number of hydrogen-bond donors (Lipinski definition) is 0. The summed E-state index contributed by atoms with van der Waals surface area (Å²) in [5.74, 6) is 0.0809. The quantitative estimate of drug-likeness (QED) is 0.693. The van der Waals surface area contributed by atoms with E-state index in [2.05, 4.69) is 4.98 Å². The van der Waals surface area contributed by atoms with Crippen molar-refractivity contribution in [2.24, 2.45) is 0 Å². The van der Waals surface area contributed by atoms with Gasteiger partial charge < -0.3 is 14.0 Å². The van der Waals surface area contributed by atoms with Crippen LogP contribution in [0.2, 0.25) is 0 Å². The van der Waals surface area contributed by atoms with E-state index in [9.17, 15) is 9.18 Å². The van der Waals surface area contributed by atoms with Gasteiger partial charge in [-0.3, -0.25) is 4.79 Å². The van der Waals surface area contributed by atoms with E-state index in [0.29, 0.717) is 24.5 Å². The molecular formula is C16H12FN3O2. The Balaban J connectivity index is 1.75. The first-order valence-electron chi connectivity index (χ1n) is 6.90. The molecule has 0 saturated carbocycles. The lowest BCUT2D eigenvalue weighted by Gasteiger charge is -2.28. The van der Waals surface area contributed by atoms with Gasteiger partial charge in [0, 0.05) is 12.4 Å². The zero-order chi connectivity index (χ0) is 15.1. The van der Waals surface area contributed by atoms with E-state index in [-0.39, 0.29) is 17.4 Å². The molecule has 0 aliphatic carbocycles. The van der Waals surface area contributed by atoms with Crippen LogP contribution in [0, 0.1) is 5.82 Å². The van der Waals surface area contributed by atoms with Crippen molar-refractivity contribution >= 4 is 17.2 Å². The Morgan fingerprint density at radius 1 is 1.18 bits per heavy atom. The molecule has 1 aliphatic rings. The third kappa shape index (κ3) is 2.00. The van der Waals surface area contributed by atoms with Gasteiger partial charge in [-0.1, -0.05) is 12.1 Å². The second kappa shape index (κ2) is 4.84. The lowest BCUT2D eigenvalue weighted by atomic mass is 10.2. The molecule has 5 nitrogen and oxygen atoms in total. The van der Waals surface area contributed by atoms with Crippen LogP contribution >= 0.6 is 0 Å². The van der Waals surface area contributed by atoms with Crippen LogP contribution in [-0.2, 0) is 0 Å². The van der Waals surface area contributed by atoms with Crippen LogP contribution in [0.5, 0.6) is 5.75 Å². The highest BCUT2D eigenvalue weighted by molar-refractivity contribution is 6.06. The molecule has 22 heavy (non-hydrogen) atoms. The molecule has 0 bridgehead atoms. The van der Waals surface area contributed by atoms with Crippen molar-refractivity contribution in [2.75, 3.05) is 18.1 Å². The first-order chi connectivity index (χ1) is 10.7. The number of anilines is 1. The normalized spacial score (nSPS) is 13.8. The first kappa shape index (κ1) is 12.8. The number of fused-ring (bicyclic) bond motifs is 2. The Kier molecular flexibility index (Phi) is 2.82. The maximum absolute atomic E-state index is 13.2. The Labute approximate surface area is 125 Å². The van der Waals surface area contributed by atoms with Crippen LogP contribution in [0.3, 0.4) is 0 Å². The largest absolute Gasteiger partial charge is 0.490 e. The first-order valence-corrected chi connectivity index (χ1v) is 6.90. The number of para-hydroxylation sites is 2. The standard InChI is InChI=1S/C16H12FN3O2/c17-11-5-6-15-18-12(10-19(15)9-11)16(21)20-7-8-22-14-4-2-1-3-13(14)20/h1-6,9-10H,7-8H2. The third-order valence-electron chi connectivity index (χ3n) is 3.61. The van der Waals surface area contributed by atoms with Crippen LogP contribution in [0.15, 0.2) is 48.8 Å². The summed E-state index contributed by atoms with van der Waals surface area (Å²) in [6.07, 6.45) is 2.84. The summed E-state index contributed by atoms with van der Waals surface area (Å²) in [6.45, 7) is 0.892. The van der Waals surface area contributed by atoms with E-state index in [1.807, 2.05) is 24.3 Å². The monoisotopic (exact) mass is 297 g/mol. The zero-order valence-electron chi connectivity index (χ0n) is 11.6. The molecule has 3 heterocycles. The van der Waals surface area contributed by atoms with Gasteiger partial charge in [-0.2, -0.15) is 0 Å². The fourth-order valence-electron chi connectivity index (χ4n) is 2.59. The zero-order valence-corrected chi connectivity index (χ0v) is 11.6. The number of benzene rings is 1. The van der Waals surface area contributed by atoms with Crippen molar-refractivity contribution in [3.63, 3.8) is 0 Å². The van der Waals surface area contributed by atoms with Crippen molar-refractivity contribution < 1.29 is 13.9 Å². The van der Waals surface area contributed by atoms with Gasteiger partial charge >= 0.3 is 0 Å². The van der Waals surface area contributed by atoms with Crippen LogP contribution < -0.4 is 9.64 Å². The number of carbonyl (C=O) groups is 1.